The minimum atomic E-state index is -3.65. The number of unbranched alkanes of at least 4 members (excludes halogenated alkanes) is 2. The Balaban J connectivity index is 2.08. The SMILES string of the molecule is CCCCCC(NS(=O)(=O)c1ccc(Cl)cc1)c1ccc(CCCC(=O)OCC)s1. The number of nitrogens with one attached hydrogen (secondary N) is 1. The third-order valence-electron chi connectivity index (χ3n) is 4.65. The Morgan fingerprint density at radius 1 is 1.10 bits per heavy atom. The van der Waals surface area contributed by atoms with Crippen molar-refractivity contribution in [1.29, 1.82) is 0 Å². The molecule has 0 radical (unpaired) electrons. The normalized spacial score (nSPS) is 12.6. The van der Waals surface area contributed by atoms with Gasteiger partial charge in [-0.1, -0.05) is 37.8 Å². The summed E-state index contributed by atoms with van der Waals surface area (Å²) in [6.07, 6.45) is 5.69. The number of hydrogen-bond acceptors (Lipinski definition) is 5. The van der Waals surface area contributed by atoms with E-state index < -0.39 is 10.0 Å². The number of carbonyl (C=O) groups excluding carboxylic acids is 1. The molecule has 0 aliphatic heterocycles. The van der Waals surface area contributed by atoms with E-state index in [0.29, 0.717) is 18.1 Å². The lowest BCUT2D eigenvalue weighted by Crippen LogP contribution is -2.28. The van der Waals surface area contributed by atoms with Gasteiger partial charge in [-0.15, -0.1) is 11.3 Å². The highest BCUT2D eigenvalue weighted by Crippen LogP contribution is 2.30. The minimum Gasteiger partial charge on any atom is -0.466 e. The molecule has 8 heteroatoms. The van der Waals surface area contributed by atoms with Crippen LogP contribution in [0.25, 0.3) is 0 Å². The van der Waals surface area contributed by atoms with Crippen molar-refractivity contribution in [2.24, 2.45) is 0 Å². The molecular weight excluding hydrogens is 442 g/mol. The summed E-state index contributed by atoms with van der Waals surface area (Å²) in [6.45, 7) is 4.32. The Morgan fingerprint density at radius 2 is 1.83 bits per heavy atom. The van der Waals surface area contributed by atoms with Gasteiger partial charge in [-0.25, -0.2) is 13.1 Å². The van der Waals surface area contributed by atoms with Crippen molar-refractivity contribution < 1.29 is 17.9 Å². The van der Waals surface area contributed by atoms with Gasteiger partial charge >= 0.3 is 5.97 Å². The predicted octanol–water partition coefficient (Wildman–Crippen LogP) is 5.89. The largest absolute Gasteiger partial charge is 0.466 e. The maximum absolute atomic E-state index is 12.9. The van der Waals surface area contributed by atoms with E-state index in [0.717, 1.165) is 48.3 Å². The van der Waals surface area contributed by atoms with Crippen LogP contribution in [0, 0.1) is 0 Å². The second kappa shape index (κ2) is 12.4. The summed E-state index contributed by atoms with van der Waals surface area (Å²) in [4.78, 5) is 13.8. The Bertz CT molecular complexity index is 894. The molecule has 0 saturated heterocycles. The molecule has 0 saturated carbocycles. The number of esters is 1. The van der Waals surface area contributed by atoms with Gasteiger partial charge < -0.3 is 4.74 Å². The zero-order valence-electron chi connectivity index (χ0n) is 17.5. The molecule has 1 atom stereocenters. The van der Waals surface area contributed by atoms with E-state index in [1.54, 1.807) is 30.4 Å². The van der Waals surface area contributed by atoms with Gasteiger partial charge in [0.05, 0.1) is 17.5 Å². The second-order valence-corrected chi connectivity index (χ2v) is 10.4. The van der Waals surface area contributed by atoms with Crippen molar-refractivity contribution in [1.82, 2.24) is 4.72 Å². The van der Waals surface area contributed by atoms with E-state index in [-0.39, 0.29) is 16.9 Å². The quantitative estimate of drug-likeness (QED) is 0.292. The second-order valence-electron chi connectivity index (χ2n) is 7.09. The zero-order chi connectivity index (χ0) is 22.0. The fourth-order valence-corrected chi connectivity index (χ4v) is 5.67. The topological polar surface area (TPSA) is 72.5 Å². The molecule has 1 unspecified atom stereocenters. The summed E-state index contributed by atoms with van der Waals surface area (Å²) >= 11 is 7.49. The highest BCUT2D eigenvalue weighted by atomic mass is 35.5. The van der Waals surface area contributed by atoms with Crippen LogP contribution < -0.4 is 4.72 Å². The predicted molar refractivity (Wildman–Crippen MR) is 123 cm³/mol. The first kappa shape index (κ1) is 24.9. The molecule has 166 valence electrons. The van der Waals surface area contributed by atoms with Gasteiger partial charge in [-0.05, 0) is 62.6 Å². The van der Waals surface area contributed by atoms with Crippen molar-refractivity contribution in [3.63, 3.8) is 0 Å². The standard InChI is InChI=1S/C22H30ClNO4S2/c1-3-5-6-9-20(24-30(26,27)19-14-11-17(23)12-15-19)21-16-13-18(29-21)8-7-10-22(25)28-4-2/h11-16,20,24H,3-10H2,1-2H3. The van der Waals surface area contributed by atoms with Gasteiger partial charge in [0.15, 0.2) is 0 Å². The van der Waals surface area contributed by atoms with Gasteiger partial charge in [-0.3, -0.25) is 4.79 Å². The van der Waals surface area contributed by atoms with Crippen molar-refractivity contribution in [3.8, 4) is 0 Å². The summed E-state index contributed by atoms with van der Waals surface area (Å²) in [5.41, 5.74) is 0. The molecule has 2 aromatic rings. The number of sulfonamides is 1. The number of thiophene rings is 1. The number of aryl methyl sites for hydroxylation is 1. The molecular formula is C22H30ClNO4S2. The van der Waals surface area contributed by atoms with E-state index in [2.05, 4.69) is 11.6 Å². The van der Waals surface area contributed by atoms with E-state index in [1.165, 1.54) is 12.1 Å². The summed E-state index contributed by atoms with van der Waals surface area (Å²) in [7, 11) is -3.65. The van der Waals surface area contributed by atoms with E-state index in [9.17, 15) is 13.2 Å². The van der Waals surface area contributed by atoms with E-state index in [4.69, 9.17) is 16.3 Å². The average molecular weight is 472 g/mol. The van der Waals surface area contributed by atoms with Gasteiger partial charge in [0.1, 0.15) is 0 Å². The Morgan fingerprint density at radius 3 is 2.50 bits per heavy atom. The van der Waals surface area contributed by atoms with Crippen LogP contribution in [0.5, 0.6) is 0 Å². The maximum atomic E-state index is 12.9. The van der Waals surface area contributed by atoms with Gasteiger partial charge in [0.25, 0.3) is 0 Å². The number of hydrogen-bond donors (Lipinski definition) is 1. The summed E-state index contributed by atoms with van der Waals surface area (Å²) in [6, 6.07) is 9.93. The van der Waals surface area contributed by atoms with Crippen LogP contribution >= 0.6 is 22.9 Å². The lowest BCUT2D eigenvalue weighted by molar-refractivity contribution is -0.143. The molecule has 1 N–H and O–H groups in total. The first-order chi connectivity index (χ1) is 14.4. The maximum Gasteiger partial charge on any atom is 0.305 e. The summed E-state index contributed by atoms with van der Waals surface area (Å²) in [5, 5.41) is 0.499. The van der Waals surface area contributed by atoms with Crippen LogP contribution in [-0.4, -0.2) is 21.0 Å². The number of halogens is 1. The van der Waals surface area contributed by atoms with Gasteiger partial charge in [-0.2, -0.15) is 0 Å². The van der Waals surface area contributed by atoms with Gasteiger partial charge in [0, 0.05) is 21.2 Å². The zero-order valence-corrected chi connectivity index (χ0v) is 19.9. The van der Waals surface area contributed by atoms with Crippen LogP contribution in [0.1, 0.15) is 68.2 Å². The van der Waals surface area contributed by atoms with Crippen molar-refractivity contribution in [2.75, 3.05) is 6.61 Å². The molecule has 30 heavy (non-hydrogen) atoms. The molecule has 2 rings (SSSR count). The summed E-state index contributed by atoms with van der Waals surface area (Å²) in [5.74, 6) is -0.178. The van der Waals surface area contributed by atoms with E-state index in [1.807, 2.05) is 12.1 Å². The van der Waals surface area contributed by atoms with Crippen LogP contribution in [0.4, 0.5) is 0 Å². The van der Waals surface area contributed by atoms with E-state index >= 15 is 0 Å². The van der Waals surface area contributed by atoms with Crippen molar-refractivity contribution in [2.45, 2.75) is 69.7 Å². The third-order valence-corrected chi connectivity index (χ3v) is 7.65. The third kappa shape index (κ3) is 8.02. The number of ether oxygens (including phenoxy) is 1. The lowest BCUT2D eigenvalue weighted by atomic mass is 10.1. The molecule has 1 aromatic heterocycles. The van der Waals surface area contributed by atoms with Crippen LogP contribution in [0.2, 0.25) is 5.02 Å². The fourth-order valence-electron chi connectivity index (χ4n) is 3.08. The first-order valence-electron chi connectivity index (χ1n) is 10.4. The highest BCUT2D eigenvalue weighted by molar-refractivity contribution is 7.89. The molecule has 0 aliphatic rings. The van der Waals surface area contributed by atoms with Crippen LogP contribution in [0.3, 0.4) is 0 Å². The average Bonchev–Trinajstić information content (AvgIpc) is 3.17. The van der Waals surface area contributed by atoms with Gasteiger partial charge in [0.2, 0.25) is 10.0 Å². The Labute approximate surface area is 188 Å². The molecule has 1 aromatic carbocycles. The minimum absolute atomic E-state index is 0.178. The molecule has 0 fully saturated rings. The number of benzene rings is 1. The molecule has 0 amide bonds. The fraction of sp³-hybridized carbons (Fsp3) is 0.500. The number of rotatable bonds is 13. The van der Waals surface area contributed by atoms with Crippen molar-refractivity contribution in [3.05, 3.63) is 51.2 Å². The molecule has 0 spiro atoms. The van der Waals surface area contributed by atoms with Crippen LogP contribution in [-0.2, 0) is 26.0 Å². The molecule has 1 heterocycles. The van der Waals surface area contributed by atoms with Crippen LogP contribution in [0.15, 0.2) is 41.3 Å². The smallest absolute Gasteiger partial charge is 0.305 e. The summed E-state index contributed by atoms with van der Waals surface area (Å²) < 4.78 is 33.6. The lowest BCUT2D eigenvalue weighted by Gasteiger charge is -2.18. The monoisotopic (exact) mass is 471 g/mol. The number of carbonyl (C=O) groups is 1. The molecule has 0 bridgehead atoms. The molecule has 5 nitrogen and oxygen atoms in total. The molecule has 0 aliphatic carbocycles. The Hall–Kier alpha value is -1.41. The Kier molecular flexibility index (Phi) is 10.3. The van der Waals surface area contributed by atoms with Crippen molar-refractivity contribution >= 4 is 38.9 Å². The first-order valence-corrected chi connectivity index (χ1v) is 13.1. The highest BCUT2D eigenvalue weighted by Gasteiger charge is 2.22.